The Bertz CT molecular complexity index is 424. The molecule has 0 spiro atoms. The Hall–Kier alpha value is -1.62. The number of nitrogens with zero attached hydrogens (tertiary/aromatic N) is 1. The second-order valence-electron chi connectivity index (χ2n) is 4.33. The first-order chi connectivity index (χ1) is 9.10. The molecular weight excluding hydrogens is 247 g/mol. The fraction of sp³-hybridized carbons (Fsp3) is 0.500. The first kappa shape index (κ1) is 15.4. The fourth-order valence-electron chi connectivity index (χ4n) is 1.97. The van der Waals surface area contributed by atoms with Crippen molar-refractivity contribution in [2.45, 2.75) is 20.3 Å². The summed E-state index contributed by atoms with van der Waals surface area (Å²) in [5.41, 5.74) is 0.0427. The molecule has 0 aliphatic heterocycles. The van der Waals surface area contributed by atoms with Crippen molar-refractivity contribution in [1.82, 2.24) is 4.90 Å². The lowest BCUT2D eigenvalue weighted by Crippen LogP contribution is -2.30. The predicted octanol–water partition coefficient (Wildman–Crippen LogP) is 2.67. The summed E-state index contributed by atoms with van der Waals surface area (Å²) in [4.78, 5) is 13.2. The molecule has 0 amide bonds. The van der Waals surface area contributed by atoms with E-state index in [1.165, 1.54) is 18.2 Å². The van der Waals surface area contributed by atoms with Crippen molar-refractivity contribution in [1.29, 1.82) is 0 Å². The average Bonchev–Trinajstić information content (AvgIpc) is 2.39. The van der Waals surface area contributed by atoms with E-state index in [4.69, 9.17) is 5.11 Å². The van der Waals surface area contributed by atoms with Crippen molar-refractivity contribution in [2.24, 2.45) is 0 Å². The van der Waals surface area contributed by atoms with Gasteiger partial charge in [0.05, 0.1) is 11.3 Å². The molecule has 0 bridgehead atoms. The van der Waals surface area contributed by atoms with Gasteiger partial charge < -0.3 is 15.3 Å². The van der Waals surface area contributed by atoms with Crippen molar-refractivity contribution < 1.29 is 14.3 Å². The van der Waals surface area contributed by atoms with Gasteiger partial charge >= 0.3 is 5.97 Å². The number of hydrogen-bond acceptors (Lipinski definition) is 3. The van der Waals surface area contributed by atoms with Gasteiger partial charge in [-0.1, -0.05) is 19.9 Å². The largest absolute Gasteiger partial charge is 0.478 e. The molecule has 0 atom stereocenters. The molecule has 1 aromatic rings. The maximum atomic E-state index is 13.6. The van der Waals surface area contributed by atoms with Crippen molar-refractivity contribution in [3.63, 3.8) is 0 Å². The Morgan fingerprint density at radius 2 is 2.11 bits per heavy atom. The lowest BCUT2D eigenvalue weighted by atomic mass is 10.1. The van der Waals surface area contributed by atoms with Crippen LogP contribution in [0.1, 0.15) is 30.6 Å². The van der Waals surface area contributed by atoms with E-state index < -0.39 is 11.8 Å². The molecule has 5 heteroatoms. The monoisotopic (exact) mass is 268 g/mol. The van der Waals surface area contributed by atoms with Gasteiger partial charge in [0.25, 0.3) is 0 Å². The molecule has 0 aromatic heterocycles. The van der Waals surface area contributed by atoms with Gasteiger partial charge in [-0.25, -0.2) is 9.18 Å². The number of anilines is 1. The van der Waals surface area contributed by atoms with Crippen LogP contribution in [0.3, 0.4) is 0 Å². The number of hydrogen-bond donors (Lipinski definition) is 2. The highest BCUT2D eigenvalue weighted by molar-refractivity contribution is 5.94. The first-order valence-corrected chi connectivity index (χ1v) is 6.58. The molecule has 4 nitrogen and oxygen atoms in total. The van der Waals surface area contributed by atoms with Crippen LogP contribution in [0.25, 0.3) is 0 Å². The number of aromatic carboxylic acids is 1. The summed E-state index contributed by atoms with van der Waals surface area (Å²) < 4.78 is 13.6. The van der Waals surface area contributed by atoms with Gasteiger partial charge in [0.1, 0.15) is 5.82 Å². The summed E-state index contributed by atoms with van der Waals surface area (Å²) in [7, 11) is 0. The number of halogens is 1. The highest BCUT2D eigenvalue weighted by Gasteiger charge is 2.13. The number of nitrogens with one attached hydrogen (secondary N) is 1. The van der Waals surface area contributed by atoms with Crippen LogP contribution in [0.15, 0.2) is 18.2 Å². The number of rotatable bonds is 8. The third kappa shape index (κ3) is 4.52. The number of carboxylic acid groups (broad SMARTS) is 1. The summed E-state index contributed by atoms with van der Waals surface area (Å²) in [6.07, 6.45) is 1.06. The summed E-state index contributed by atoms with van der Waals surface area (Å²) in [5.74, 6) is -1.65. The Balaban J connectivity index is 2.64. The molecule has 0 heterocycles. The normalized spacial score (nSPS) is 10.7. The highest BCUT2D eigenvalue weighted by atomic mass is 19.1. The van der Waals surface area contributed by atoms with Crippen LogP contribution in [-0.4, -0.2) is 42.2 Å². The van der Waals surface area contributed by atoms with Crippen molar-refractivity contribution in [2.75, 3.05) is 31.5 Å². The molecule has 0 unspecified atom stereocenters. The van der Waals surface area contributed by atoms with Gasteiger partial charge in [-0.05, 0) is 31.6 Å². The first-order valence-electron chi connectivity index (χ1n) is 6.58. The van der Waals surface area contributed by atoms with Gasteiger partial charge in [0, 0.05) is 13.1 Å². The second-order valence-corrected chi connectivity index (χ2v) is 4.33. The van der Waals surface area contributed by atoms with E-state index in [0.717, 1.165) is 26.1 Å². The number of carboxylic acids is 1. The number of benzene rings is 1. The van der Waals surface area contributed by atoms with Gasteiger partial charge in [0.2, 0.25) is 0 Å². The molecule has 0 aliphatic rings. The molecule has 1 rings (SSSR count). The minimum Gasteiger partial charge on any atom is -0.478 e. The number of carbonyl (C=O) groups is 1. The summed E-state index contributed by atoms with van der Waals surface area (Å²) in [6, 6.07) is 4.06. The SMILES string of the molecule is CCCN(CC)CCNc1c(F)cccc1C(=O)O. The van der Waals surface area contributed by atoms with Crippen LogP contribution in [0, 0.1) is 5.82 Å². The van der Waals surface area contributed by atoms with Gasteiger partial charge in [-0.15, -0.1) is 0 Å². The van der Waals surface area contributed by atoms with E-state index in [1.54, 1.807) is 0 Å². The Morgan fingerprint density at radius 1 is 1.37 bits per heavy atom. The number of para-hydroxylation sites is 1. The van der Waals surface area contributed by atoms with E-state index in [0.29, 0.717) is 6.54 Å². The summed E-state index contributed by atoms with van der Waals surface area (Å²) in [6.45, 7) is 7.38. The molecular formula is C14H21FN2O2. The lowest BCUT2D eigenvalue weighted by Gasteiger charge is -2.20. The average molecular weight is 268 g/mol. The smallest absolute Gasteiger partial charge is 0.337 e. The van der Waals surface area contributed by atoms with Gasteiger partial charge in [-0.3, -0.25) is 0 Å². The maximum absolute atomic E-state index is 13.6. The van der Waals surface area contributed by atoms with E-state index in [9.17, 15) is 9.18 Å². The lowest BCUT2D eigenvalue weighted by molar-refractivity contribution is 0.0697. The molecule has 0 aliphatic carbocycles. The molecule has 0 saturated carbocycles. The van der Waals surface area contributed by atoms with Gasteiger partial charge in [0.15, 0.2) is 0 Å². The van der Waals surface area contributed by atoms with Crippen LogP contribution < -0.4 is 5.32 Å². The fourth-order valence-corrected chi connectivity index (χ4v) is 1.97. The molecule has 2 N–H and O–H groups in total. The molecule has 19 heavy (non-hydrogen) atoms. The molecule has 0 fully saturated rings. The molecule has 1 aromatic carbocycles. The summed E-state index contributed by atoms with van der Waals surface area (Å²) in [5, 5.41) is 11.9. The van der Waals surface area contributed by atoms with E-state index in [1.807, 2.05) is 0 Å². The highest BCUT2D eigenvalue weighted by Crippen LogP contribution is 2.19. The van der Waals surface area contributed by atoms with E-state index in [-0.39, 0.29) is 11.3 Å². The van der Waals surface area contributed by atoms with E-state index in [2.05, 4.69) is 24.1 Å². The minimum atomic E-state index is -1.12. The van der Waals surface area contributed by atoms with Crippen molar-refractivity contribution >= 4 is 11.7 Å². The standard InChI is InChI=1S/C14H21FN2O2/c1-3-9-17(4-2)10-8-16-13-11(14(18)19)6-5-7-12(13)15/h5-7,16H,3-4,8-10H2,1-2H3,(H,18,19). The van der Waals surface area contributed by atoms with Crippen LogP contribution in [0.5, 0.6) is 0 Å². The molecule has 0 saturated heterocycles. The number of likely N-dealkylation sites (N-methyl/N-ethyl adjacent to an activating group) is 1. The Labute approximate surface area is 113 Å². The van der Waals surface area contributed by atoms with Crippen molar-refractivity contribution in [3.05, 3.63) is 29.6 Å². The quantitative estimate of drug-likeness (QED) is 0.761. The Morgan fingerprint density at radius 3 is 2.68 bits per heavy atom. The third-order valence-corrected chi connectivity index (χ3v) is 2.96. The van der Waals surface area contributed by atoms with Crippen LogP contribution in [0.2, 0.25) is 0 Å². The van der Waals surface area contributed by atoms with Crippen LogP contribution in [0.4, 0.5) is 10.1 Å². The zero-order valence-corrected chi connectivity index (χ0v) is 11.4. The zero-order valence-electron chi connectivity index (χ0n) is 11.4. The maximum Gasteiger partial charge on any atom is 0.337 e. The molecule has 0 radical (unpaired) electrons. The topological polar surface area (TPSA) is 52.6 Å². The third-order valence-electron chi connectivity index (χ3n) is 2.96. The Kier molecular flexibility index (Phi) is 6.29. The molecule has 106 valence electrons. The summed E-state index contributed by atoms with van der Waals surface area (Å²) >= 11 is 0. The van der Waals surface area contributed by atoms with Gasteiger partial charge in [-0.2, -0.15) is 0 Å². The second kappa shape index (κ2) is 7.74. The minimum absolute atomic E-state index is 0.0291. The zero-order chi connectivity index (χ0) is 14.3. The van der Waals surface area contributed by atoms with Crippen LogP contribution >= 0.6 is 0 Å². The predicted molar refractivity (Wildman–Crippen MR) is 74.3 cm³/mol. The van der Waals surface area contributed by atoms with Crippen LogP contribution in [-0.2, 0) is 0 Å². The van der Waals surface area contributed by atoms with E-state index >= 15 is 0 Å². The van der Waals surface area contributed by atoms with Crippen molar-refractivity contribution in [3.8, 4) is 0 Å².